The summed E-state index contributed by atoms with van der Waals surface area (Å²) in [6, 6.07) is 38.5. The third-order valence-corrected chi connectivity index (χ3v) is 13.2. The number of aromatic hydroxyl groups is 3. The topological polar surface area (TPSA) is 313 Å². The van der Waals surface area contributed by atoms with E-state index in [-0.39, 0.29) is 54.2 Å². The lowest BCUT2D eigenvalue weighted by Gasteiger charge is -2.22. The molecule has 0 saturated heterocycles. The molecule has 0 aliphatic rings. The van der Waals surface area contributed by atoms with Crippen LogP contribution in [0.1, 0.15) is 97.1 Å². The smallest absolute Gasteiger partial charge is 0.246 e. The highest BCUT2D eigenvalue weighted by Gasteiger charge is 2.25. The van der Waals surface area contributed by atoms with Gasteiger partial charge in [0, 0.05) is 23.0 Å². The Hall–Kier alpha value is -8.58. The lowest BCUT2D eigenvalue weighted by molar-refractivity contribution is -0.126. The summed E-state index contributed by atoms with van der Waals surface area (Å²) in [6.45, 7) is 1.30. The number of benzene rings is 6. The van der Waals surface area contributed by atoms with Crippen molar-refractivity contribution >= 4 is 52.5 Å². The molecule has 6 aromatic carbocycles. The van der Waals surface area contributed by atoms with Gasteiger partial charge in [0.2, 0.25) is 35.4 Å². The molecule has 18 nitrogen and oxygen atoms in total. The van der Waals surface area contributed by atoms with Gasteiger partial charge >= 0.3 is 0 Å². The van der Waals surface area contributed by atoms with Crippen LogP contribution in [0.15, 0.2) is 146 Å². The molecule has 0 saturated carbocycles. The van der Waals surface area contributed by atoms with E-state index in [1.165, 1.54) is 36.4 Å². The first-order valence-corrected chi connectivity index (χ1v) is 26.7. The molecule has 0 heterocycles. The third kappa shape index (κ3) is 19.7. The molecule has 0 aromatic heterocycles. The molecule has 0 radical (unpaired) electrons. The van der Waals surface area contributed by atoms with E-state index >= 15 is 0 Å². The second kappa shape index (κ2) is 31.0. The van der Waals surface area contributed by atoms with Gasteiger partial charge in [-0.25, -0.2) is 0 Å². The number of rotatable bonds is 30. The van der Waals surface area contributed by atoms with E-state index in [9.17, 15) is 44.1 Å². The van der Waals surface area contributed by atoms with Crippen molar-refractivity contribution in [2.24, 2.45) is 17.2 Å². The zero-order valence-corrected chi connectivity index (χ0v) is 44.3. The van der Waals surface area contributed by atoms with Crippen molar-refractivity contribution in [1.29, 1.82) is 0 Å². The summed E-state index contributed by atoms with van der Waals surface area (Å²) in [6.07, 6.45) is 4.79. The first-order valence-electron chi connectivity index (χ1n) is 26.7. The first-order chi connectivity index (χ1) is 38.2. The number of nitrogens with two attached hydrogens (primary N) is 3. The molecule has 416 valence electrons. The van der Waals surface area contributed by atoms with Crippen LogP contribution >= 0.6 is 0 Å². The number of nitrogens with one attached hydrogen (secondary N) is 6. The summed E-state index contributed by atoms with van der Waals surface area (Å²) in [5.74, 6) is -2.66. The fourth-order valence-electron chi connectivity index (χ4n) is 9.12. The van der Waals surface area contributed by atoms with E-state index in [1.807, 2.05) is 36.4 Å². The molecule has 0 spiro atoms. The molecule has 18 heteroatoms. The third-order valence-electron chi connectivity index (χ3n) is 13.2. The van der Waals surface area contributed by atoms with Crippen LogP contribution in [0.5, 0.6) is 17.2 Å². The zero-order valence-electron chi connectivity index (χ0n) is 44.3. The van der Waals surface area contributed by atoms with Gasteiger partial charge in [-0.15, -0.1) is 0 Å². The number of hydrogen-bond acceptors (Lipinski definition) is 12. The Kier molecular flexibility index (Phi) is 23.4. The molecule has 0 aliphatic heterocycles. The van der Waals surface area contributed by atoms with Gasteiger partial charge in [-0.2, -0.15) is 0 Å². The van der Waals surface area contributed by atoms with Crippen LogP contribution in [0, 0.1) is 0 Å². The van der Waals surface area contributed by atoms with Crippen LogP contribution in [0.4, 0.5) is 17.1 Å². The monoisotopic (exact) mass is 1080 g/mol. The summed E-state index contributed by atoms with van der Waals surface area (Å²) in [4.78, 5) is 80.8. The molecule has 6 rings (SSSR count). The Morgan fingerprint density at radius 2 is 0.633 bits per heavy atom. The Morgan fingerprint density at radius 1 is 0.367 bits per heavy atom. The highest BCUT2D eigenvalue weighted by molar-refractivity contribution is 5.99. The fourth-order valence-corrected chi connectivity index (χ4v) is 9.12. The standard InChI is InChI=1S/C61H73N9O9/c62-31-4-1-16-52(68-55(74)37-40-10-7-13-49(71)34-40)59(77)65-46-25-19-43(20-26-46)58(44-21-27-47(28-22-44)66-60(78)53(17-2-5-32-63)69-56(75)38-41-11-8-14-50(72)35-41)45-23-29-48(30-24-45)67-61(79)54(18-3-6-33-64)70-57(76)39-42-12-9-15-51(73)36-42/h7-15,19-30,34-36,52-54,58,71-73H,1-6,16-18,31-33,37-39,62-64H2,(H,65,77)(H,66,78)(H,67,79)(H,68,74)(H,69,75)(H,70,76)/t52-,53-,54-/m1/s1. The second-order valence-corrected chi connectivity index (χ2v) is 19.5. The molecule has 6 amide bonds. The average molecular weight is 1080 g/mol. The van der Waals surface area contributed by atoms with Gasteiger partial charge in [0.25, 0.3) is 0 Å². The van der Waals surface area contributed by atoms with Gasteiger partial charge in [-0.05, 0) is 184 Å². The number of unbranched alkanes of at least 4 members (excludes halogenated alkanes) is 3. The number of amides is 6. The van der Waals surface area contributed by atoms with Crippen LogP contribution in [0.3, 0.4) is 0 Å². The molecule has 79 heavy (non-hydrogen) atoms. The number of carbonyl (C=O) groups is 6. The van der Waals surface area contributed by atoms with E-state index in [1.54, 1.807) is 72.8 Å². The van der Waals surface area contributed by atoms with Gasteiger partial charge in [0.15, 0.2) is 0 Å². The van der Waals surface area contributed by atoms with Gasteiger partial charge in [0.05, 0.1) is 19.3 Å². The maximum Gasteiger partial charge on any atom is 0.246 e. The highest BCUT2D eigenvalue weighted by Crippen LogP contribution is 2.34. The lowest BCUT2D eigenvalue weighted by atomic mass is 9.85. The summed E-state index contributed by atoms with van der Waals surface area (Å²) in [5.41, 5.74) is 23.0. The van der Waals surface area contributed by atoms with E-state index in [4.69, 9.17) is 17.2 Å². The van der Waals surface area contributed by atoms with E-state index in [0.29, 0.717) is 111 Å². The molecule has 15 N–H and O–H groups in total. The zero-order chi connectivity index (χ0) is 56.5. The van der Waals surface area contributed by atoms with Crippen molar-refractivity contribution < 1.29 is 44.1 Å². The molecule has 0 unspecified atom stereocenters. The van der Waals surface area contributed by atoms with Gasteiger partial charge < -0.3 is 64.4 Å². The predicted octanol–water partition coefficient (Wildman–Crippen LogP) is 6.37. The van der Waals surface area contributed by atoms with Gasteiger partial charge in [0.1, 0.15) is 35.4 Å². The van der Waals surface area contributed by atoms with Crippen molar-refractivity contribution in [2.75, 3.05) is 35.6 Å². The quantitative estimate of drug-likeness (QED) is 0.0173. The Balaban J connectivity index is 1.22. The number of hydrogen-bond donors (Lipinski definition) is 12. The number of phenols is 3. The number of phenolic OH excluding ortho intramolecular Hbond substituents is 3. The molecule has 0 fully saturated rings. The largest absolute Gasteiger partial charge is 0.508 e. The first kappa shape index (κ1) is 59.7. The van der Waals surface area contributed by atoms with Crippen molar-refractivity contribution in [3.63, 3.8) is 0 Å². The summed E-state index contributed by atoms with van der Waals surface area (Å²) in [5, 5.41) is 47.1. The van der Waals surface area contributed by atoms with Crippen LogP contribution in [0.25, 0.3) is 0 Å². The van der Waals surface area contributed by atoms with E-state index < -0.39 is 41.8 Å². The fraction of sp³-hybridized carbons (Fsp3) is 0.311. The summed E-state index contributed by atoms with van der Waals surface area (Å²) in [7, 11) is 0. The van der Waals surface area contributed by atoms with Crippen molar-refractivity contribution in [1.82, 2.24) is 16.0 Å². The van der Waals surface area contributed by atoms with Gasteiger partial charge in [-0.3, -0.25) is 28.8 Å². The predicted molar refractivity (Wildman–Crippen MR) is 306 cm³/mol. The minimum Gasteiger partial charge on any atom is -0.508 e. The Bertz CT molecular complexity index is 2640. The molecule has 0 bridgehead atoms. The maximum absolute atomic E-state index is 13.8. The molecular weight excluding hydrogens is 1000 g/mol. The average Bonchev–Trinajstić information content (AvgIpc) is 3.46. The minimum absolute atomic E-state index is 0.0289. The Morgan fingerprint density at radius 3 is 0.873 bits per heavy atom. The van der Waals surface area contributed by atoms with Crippen molar-refractivity contribution in [3.05, 3.63) is 179 Å². The van der Waals surface area contributed by atoms with Crippen LogP contribution < -0.4 is 49.1 Å². The minimum atomic E-state index is -0.855. The maximum atomic E-state index is 13.8. The number of anilines is 3. The van der Waals surface area contributed by atoms with Crippen LogP contribution in [-0.4, -0.2) is 88.5 Å². The summed E-state index contributed by atoms with van der Waals surface area (Å²) < 4.78 is 0. The SMILES string of the molecule is NCCCC[C@@H](NC(=O)Cc1cccc(O)c1)C(=O)Nc1ccc(C(c2ccc(NC(=O)[C@@H](CCCCN)NC(=O)Cc3cccc(O)c3)cc2)c2ccc(NC(=O)[C@@H](CCCCN)NC(=O)Cc3cccc(O)c3)cc2)cc1. The molecule has 3 atom stereocenters. The second-order valence-electron chi connectivity index (χ2n) is 19.5. The van der Waals surface area contributed by atoms with Crippen molar-refractivity contribution in [2.45, 2.75) is 101 Å². The Labute approximate surface area is 461 Å². The molecule has 0 aliphatic carbocycles. The lowest BCUT2D eigenvalue weighted by Crippen LogP contribution is -2.44. The van der Waals surface area contributed by atoms with Crippen LogP contribution in [0.2, 0.25) is 0 Å². The van der Waals surface area contributed by atoms with Crippen molar-refractivity contribution in [3.8, 4) is 17.2 Å². The van der Waals surface area contributed by atoms with E-state index in [2.05, 4.69) is 31.9 Å². The normalized spacial score (nSPS) is 12.2. The highest BCUT2D eigenvalue weighted by atomic mass is 16.3. The van der Waals surface area contributed by atoms with Gasteiger partial charge in [-0.1, -0.05) is 72.8 Å². The molecule has 6 aromatic rings. The van der Waals surface area contributed by atoms with Crippen LogP contribution in [-0.2, 0) is 48.0 Å². The summed E-state index contributed by atoms with van der Waals surface area (Å²) >= 11 is 0. The number of carbonyl (C=O) groups excluding carboxylic acids is 6. The van der Waals surface area contributed by atoms with E-state index in [0.717, 1.165) is 16.7 Å². The molecular formula is C61H73N9O9.